The van der Waals surface area contributed by atoms with Crippen molar-refractivity contribution >= 4 is 23.2 Å². The van der Waals surface area contributed by atoms with E-state index in [1.165, 1.54) is 0 Å². The molecule has 1 heterocycles. The summed E-state index contributed by atoms with van der Waals surface area (Å²) < 4.78 is 10.9. The molecule has 0 fully saturated rings. The number of fused-ring (bicyclic) bond motifs is 1. The van der Waals surface area contributed by atoms with Crippen molar-refractivity contribution in [2.75, 3.05) is 6.61 Å². The van der Waals surface area contributed by atoms with Crippen LogP contribution in [-0.2, 0) is 11.2 Å². The van der Waals surface area contributed by atoms with Crippen LogP contribution in [0, 0.1) is 0 Å². The van der Waals surface area contributed by atoms with Crippen LogP contribution in [0.1, 0.15) is 22.8 Å². The molecule has 0 aliphatic rings. The minimum Gasteiger partial charge on any atom is -0.490 e. The van der Waals surface area contributed by atoms with E-state index >= 15 is 0 Å². The van der Waals surface area contributed by atoms with Crippen molar-refractivity contribution in [3.05, 3.63) is 59.8 Å². The maximum Gasteiger partial charge on any atom is 0.315 e. The van der Waals surface area contributed by atoms with Gasteiger partial charge in [0, 0.05) is 22.7 Å². The van der Waals surface area contributed by atoms with Crippen LogP contribution in [0.5, 0.6) is 11.5 Å². The molecule has 0 aliphatic carbocycles. The van der Waals surface area contributed by atoms with E-state index in [0.29, 0.717) is 23.7 Å². The molecule has 0 atom stereocenters. The Hall–Kier alpha value is -3.08. The van der Waals surface area contributed by atoms with Crippen molar-refractivity contribution in [2.24, 2.45) is 0 Å². The zero-order valence-electron chi connectivity index (χ0n) is 13.2. The van der Waals surface area contributed by atoms with E-state index in [1.807, 2.05) is 37.4 Å². The number of hydrogen-bond donors (Lipinski definition) is 1. The SMILES string of the molecule is CCOc1cc(C=O)ccc1OC(=O)Cc1c[nH]c2ccccc12. The number of para-hydroxylation sites is 1. The highest BCUT2D eigenvalue weighted by molar-refractivity contribution is 5.88. The number of ether oxygens (including phenoxy) is 2. The summed E-state index contributed by atoms with van der Waals surface area (Å²) in [6.07, 6.45) is 2.68. The molecule has 0 aliphatic heterocycles. The minimum absolute atomic E-state index is 0.144. The lowest BCUT2D eigenvalue weighted by Gasteiger charge is -2.11. The molecule has 0 radical (unpaired) electrons. The zero-order chi connectivity index (χ0) is 16.9. The Balaban J connectivity index is 1.78. The highest BCUT2D eigenvalue weighted by Crippen LogP contribution is 2.29. The lowest BCUT2D eigenvalue weighted by atomic mass is 10.1. The quantitative estimate of drug-likeness (QED) is 0.428. The molecule has 5 heteroatoms. The molecule has 1 aromatic heterocycles. The summed E-state index contributed by atoms with van der Waals surface area (Å²) in [5, 5.41) is 0.996. The zero-order valence-corrected chi connectivity index (χ0v) is 13.2. The third kappa shape index (κ3) is 3.30. The fourth-order valence-electron chi connectivity index (χ4n) is 2.54. The van der Waals surface area contributed by atoms with Gasteiger partial charge in [0.15, 0.2) is 11.5 Å². The van der Waals surface area contributed by atoms with Gasteiger partial charge in [-0.05, 0) is 36.8 Å². The summed E-state index contributed by atoms with van der Waals surface area (Å²) in [6, 6.07) is 12.5. The summed E-state index contributed by atoms with van der Waals surface area (Å²) >= 11 is 0. The average molecular weight is 323 g/mol. The molecule has 0 spiro atoms. The number of carbonyl (C=O) groups is 2. The topological polar surface area (TPSA) is 68.4 Å². The smallest absolute Gasteiger partial charge is 0.315 e. The highest BCUT2D eigenvalue weighted by atomic mass is 16.6. The van der Waals surface area contributed by atoms with Gasteiger partial charge in [-0.15, -0.1) is 0 Å². The minimum atomic E-state index is -0.389. The van der Waals surface area contributed by atoms with Gasteiger partial charge in [-0.2, -0.15) is 0 Å². The Labute approximate surface area is 139 Å². The Morgan fingerprint density at radius 2 is 2.00 bits per heavy atom. The molecule has 0 bridgehead atoms. The Kier molecular flexibility index (Phi) is 4.61. The van der Waals surface area contributed by atoms with Crippen LogP contribution in [0.4, 0.5) is 0 Å². The normalized spacial score (nSPS) is 10.5. The van der Waals surface area contributed by atoms with Gasteiger partial charge in [0.25, 0.3) is 0 Å². The molecule has 0 amide bonds. The van der Waals surface area contributed by atoms with E-state index in [1.54, 1.807) is 18.2 Å². The first-order valence-corrected chi connectivity index (χ1v) is 7.69. The number of aromatic nitrogens is 1. The lowest BCUT2D eigenvalue weighted by molar-refractivity contribution is -0.133. The van der Waals surface area contributed by atoms with Gasteiger partial charge in [0.1, 0.15) is 6.29 Å². The number of aldehydes is 1. The van der Waals surface area contributed by atoms with Gasteiger partial charge in [-0.25, -0.2) is 0 Å². The molecule has 5 nitrogen and oxygen atoms in total. The molecule has 0 saturated heterocycles. The van der Waals surface area contributed by atoms with Crippen LogP contribution in [-0.4, -0.2) is 23.8 Å². The molecule has 1 N–H and O–H groups in total. The maximum absolute atomic E-state index is 12.3. The van der Waals surface area contributed by atoms with Crippen molar-refractivity contribution < 1.29 is 19.1 Å². The van der Waals surface area contributed by atoms with Crippen molar-refractivity contribution in [3.63, 3.8) is 0 Å². The number of rotatable bonds is 6. The summed E-state index contributed by atoms with van der Waals surface area (Å²) in [5.74, 6) is 0.307. The number of hydrogen-bond acceptors (Lipinski definition) is 4. The second-order valence-corrected chi connectivity index (χ2v) is 5.27. The van der Waals surface area contributed by atoms with Crippen molar-refractivity contribution in [1.82, 2.24) is 4.98 Å². The number of H-pyrrole nitrogens is 1. The van der Waals surface area contributed by atoms with Gasteiger partial charge < -0.3 is 14.5 Å². The summed E-state index contributed by atoms with van der Waals surface area (Å²) in [7, 11) is 0. The molecule has 122 valence electrons. The molecule has 0 saturated carbocycles. The third-order valence-corrected chi connectivity index (χ3v) is 3.64. The predicted octanol–water partition coefficient (Wildman–Crippen LogP) is 3.53. The van der Waals surface area contributed by atoms with Crippen LogP contribution in [0.25, 0.3) is 10.9 Å². The predicted molar refractivity (Wildman–Crippen MR) is 90.6 cm³/mol. The maximum atomic E-state index is 12.3. The molecular formula is C19H17NO4. The number of benzene rings is 2. The van der Waals surface area contributed by atoms with Crippen molar-refractivity contribution in [2.45, 2.75) is 13.3 Å². The monoisotopic (exact) mass is 323 g/mol. The van der Waals surface area contributed by atoms with Crippen LogP contribution in [0.15, 0.2) is 48.7 Å². The summed E-state index contributed by atoms with van der Waals surface area (Å²) in [4.78, 5) is 26.3. The third-order valence-electron chi connectivity index (χ3n) is 3.64. The van der Waals surface area contributed by atoms with E-state index in [2.05, 4.69) is 4.98 Å². The number of nitrogens with one attached hydrogen (secondary N) is 1. The Morgan fingerprint density at radius 1 is 1.17 bits per heavy atom. The van der Waals surface area contributed by atoms with E-state index in [-0.39, 0.29) is 12.4 Å². The van der Waals surface area contributed by atoms with E-state index in [4.69, 9.17) is 9.47 Å². The molecule has 24 heavy (non-hydrogen) atoms. The lowest BCUT2D eigenvalue weighted by Crippen LogP contribution is -2.12. The van der Waals surface area contributed by atoms with E-state index in [9.17, 15) is 9.59 Å². The fourth-order valence-corrected chi connectivity index (χ4v) is 2.54. The van der Waals surface area contributed by atoms with Gasteiger partial charge in [-0.3, -0.25) is 9.59 Å². The van der Waals surface area contributed by atoms with Gasteiger partial charge >= 0.3 is 5.97 Å². The van der Waals surface area contributed by atoms with Crippen LogP contribution in [0.2, 0.25) is 0 Å². The summed E-state index contributed by atoms with van der Waals surface area (Å²) in [6.45, 7) is 2.24. The fraction of sp³-hybridized carbons (Fsp3) is 0.158. The molecule has 3 aromatic rings. The molecular weight excluding hydrogens is 306 g/mol. The van der Waals surface area contributed by atoms with Crippen molar-refractivity contribution in [3.8, 4) is 11.5 Å². The van der Waals surface area contributed by atoms with E-state index < -0.39 is 0 Å². The highest BCUT2D eigenvalue weighted by Gasteiger charge is 2.14. The van der Waals surface area contributed by atoms with Gasteiger partial charge in [-0.1, -0.05) is 18.2 Å². The van der Waals surface area contributed by atoms with Gasteiger partial charge in [0.05, 0.1) is 13.0 Å². The van der Waals surface area contributed by atoms with E-state index in [0.717, 1.165) is 22.8 Å². The summed E-state index contributed by atoms with van der Waals surface area (Å²) in [5.41, 5.74) is 2.32. The number of carbonyl (C=O) groups excluding carboxylic acids is 2. The van der Waals surface area contributed by atoms with Crippen molar-refractivity contribution in [1.29, 1.82) is 0 Å². The number of aromatic amines is 1. The average Bonchev–Trinajstić information content (AvgIpc) is 3.00. The molecule has 0 unspecified atom stereocenters. The second-order valence-electron chi connectivity index (χ2n) is 5.27. The first kappa shape index (κ1) is 15.8. The molecule has 3 rings (SSSR count). The second kappa shape index (κ2) is 7.00. The number of esters is 1. The van der Waals surface area contributed by atoms with Crippen LogP contribution >= 0.6 is 0 Å². The largest absolute Gasteiger partial charge is 0.490 e. The van der Waals surface area contributed by atoms with Crippen LogP contribution in [0.3, 0.4) is 0 Å². The standard InChI is InChI=1S/C19H17NO4/c1-2-23-18-9-13(12-21)7-8-17(18)24-19(22)10-14-11-20-16-6-4-3-5-15(14)16/h3-9,11-12,20H,2,10H2,1H3. The Bertz CT molecular complexity index is 882. The first-order valence-electron chi connectivity index (χ1n) is 7.69. The first-order chi connectivity index (χ1) is 11.7. The van der Waals surface area contributed by atoms with Gasteiger partial charge in [0.2, 0.25) is 0 Å². The van der Waals surface area contributed by atoms with Crippen LogP contribution < -0.4 is 9.47 Å². The molecule has 2 aromatic carbocycles. The Morgan fingerprint density at radius 3 is 2.79 bits per heavy atom.